The van der Waals surface area contributed by atoms with Crippen LogP contribution in [-0.2, 0) is 0 Å². The topological polar surface area (TPSA) is 15.3 Å². The molecule has 2 aliphatic rings. The molecule has 2 atom stereocenters. The Morgan fingerprint density at radius 3 is 2.28 bits per heavy atom. The Morgan fingerprint density at radius 1 is 1.22 bits per heavy atom. The Hall–Kier alpha value is -0.0800. The van der Waals surface area contributed by atoms with E-state index in [4.69, 9.17) is 0 Å². The van der Waals surface area contributed by atoms with Gasteiger partial charge in [0.2, 0.25) is 0 Å². The van der Waals surface area contributed by atoms with Crippen LogP contribution in [0.4, 0.5) is 0 Å². The minimum Gasteiger partial charge on any atom is -0.311 e. The smallest absolute Gasteiger partial charge is 0.0244 e. The van der Waals surface area contributed by atoms with Crippen LogP contribution >= 0.6 is 0 Å². The molecule has 1 N–H and O–H groups in total. The minimum absolute atomic E-state index is 0.371. The molecule has 1 aliphatic carbocycles. The van der Waals surface area contributed by atoms with Gasteiger partial charge in [-0.1, -0.05) is 34.6 Å². The first kappa shape index (κ1) is 14.3. The van der Waals surface area contributed by atoms with E-state index in [-0.39, 0.29) is 0 Å². The maximum Gasteiger partial charge on any atom is 0.0244 e. The van der Waals surface area contributed by atoms with Crippen molar-refractivity contribution in [1.29, 1.82) is 0 Å². The minimum atomic E-state index is 0.371. The average molecular weight is 252 g/mol. The van der Waals surface area contributed by atoms with Crippen LogP contribution in [0.25, 0.3) is 0 Å². The molecule has 1 saturated carbocycles. The van der Waals surface area contributed by atoms with Crippen molar-refractivity contribution in [3.8, 4) is 0 Å². The third-order valence-corrected chi connectivity index (χ3v) is 5.49. The number of hydrogen-bond acceptors (Lipinski definition) is 2. The lowest BCUT2D eigenvalue weighted by atomic mass is 9.71. The van der Waals surface area contributed by atoms with Crippen molar-refractivity contribution in [1.82, 2.24) is 10.2 Å². The number of rotatable bonds is 3. The standard InChI is InChI=1S/C16H32N2/c1-6-13-11-17-14(15(3,4)5)12-18(13)16(7-2)9-8-10-16/h13-14,17H,6-12H2,1-5H3. The van der Waals surface area contributed by atoms with E-state index in [0.717, 1.165) is 6.04 Å². The Morgan fingerprint density at radius 2 is 1.89 bits per heavy atom. The van der Waals surface area contributed by atoms with Gasteiger partial charge in [0.1, 0.15) is 0 Å². The second-order valence-electron chi connectivity index (χ2n) is 7.47. The van der Waals surface area contributed by atoms with Crippen LogP contribution < -0.4 is 5.32 Å². The molecule has 1 heterocycles. The molecule has 0 amide bonds. The van der Waals surface area contributed by atoms with E-state index in [9.17, 15) is 0 Å². The third-order valence-electron chi connectivity index (χ3n) is 5.49. The molecule has 0 radical (unpaired) electrons. The Bertz CT molecular complexity index is 270. The summed E-state index contributed by atoms with van der Waals surface area (Å²) < 4.78 is 0. The molecule has 2 heteroatoms. The molecule has 0 spiro atoms. The number of nitrogens with one attached hydrogen (secondary N) is 1. The summed E-state index contributed by atoms with van der Waals surface area (Å²) in [7, 11) is 0. The lowest BCUT2D eigenvalue weighted by molar-refractivity contribution is -0.0560. The maximum absolute atomic E-state index is 3.79. The van der Waals surface area contributed by atoms with Crippen molar-refractivity contribution in [2.24, 2.45) is 5.41 Å². The number of piperazine rings is 1. The first-order valence-corrected chi connectivity index (χ1v) is 7.93. The second kappa shape index (κ2) is 5.13. The summed E-state index contributed by atoms with van der Waals surface area (Å²) in [6.07, 6.45) is 6.91. The van der Waals surface area contributed by atoms with Gasteiger partial charge in [0.05, 0.1) is 0 Å². The summed E-state index contributed by atoms with van der Waals surface area (Å²) in [4.78, 5) is 2.88. The fourth-order valence-corrected chi connectivity index (χ4v) is 3.75. The van der Waals surface area contributed by atoms with E-state index >= 15 is 0 Å². The van der Waals surface area contributed by atoms with Gasteiger partial charge in [0.15, 0.2) is 0 Å². The summed E-state index contributed by atoms with van der Waals surface area (Å²) in [5.74, 6) is 0. The zero-order chi connectivity index (χ0) is 13.4. The Balaban J connectivity index is 2.13. The summed E-state index contributed by atoms with van der Waals surface area (Å²) in [6, 6.07) is 1.40. The maximum atomic E-state index is 3.79. The second-order valence-corrected chi connectivity index (χ2v) is 7.47. The third kappa shape index (κ3) is 2.46. The molecule has 0 aromatic rings. The molecule has 0 aromatic carbocycles. The first-order valence-electron chi connectivity index (χ1n) is 7.93. The monoisotopic (exact) mass is 252 g/mol. The van der Waals surface area contributed by atoms with Crippen LogP contribution in [0.15, 0.2) is 0 Å². The van der Waals surface area contributed by atoms with Crippen molar-refractivity contribution in [2.45, 2.75) is 84.3 Å². The molecular weight excluding hydrogens is 220 g/mol. The zero-order valence-corrected chi connectivity index (χ0v) is 13.1. The molecule has 2 unspecified atom stereocenters. The van der Waals surface area contributed by atoms with Crippen LogP contribution in [0.1, 0.15) is 66.7 Å². The van der Waals surface area contributed by atoms with Gasteiger partial charge in [-0.3, -0.25) is 4.90 Å². The van der Waals surface area contributed by atoms with Gasteiger partial charge in [-0.2, -0.15) is 0 Å². The molecule has 2 rings (SSSR count). The van der Waals surface area contributed by atoms with E-state index in [1.807, 2.05) is 0 Å². The van der Waals surface area contributed by atoms with Crippen LogP contribution in [0.3, 0.4) is 0 Å². The molecule has 106 valence electrons. The molecule has 0 aromatic heterocycles. The average Bonchev–Trinajstić information content (AvgIpc) is 2.27. The molecular formula is C16H32N2. The molecule has 2 fully saturated rings. The van der Waals surface area contributed by atoms with Gasteiger partial charge in [-0.15, -0.1) is 0 Å². The van der Waals surface area contributed by atoms with Gasteiger partial charge < -0.3 is 5.32 Å². The van der Waals surface area contributed by atoms with Gasteiger partial charge in [-0.05, 0) is 37.5 Å². The highest BCUT2D eigenvalue weighted by Gasteiger charge is 2.46. The predicted octanol–water partition coefficient (Wildman–Crippen LogP) is 3.42. The predicted molar refractivity (Wildman–Crippen MR) is 78.9 cm³/mol. The highest BCUT2D eigenvalue weighted by molar-refractivity contribution is 5.04. The van der Waals surface area contributed by atoms with Gasteiger partial charge in [0.25, 0.3) is 0 Å². The van der Waals surface area contributed by atoms with E-state index in [1.165, 1.54) is 45.2 Å². The molecule has 1 aliphatic heterocycles. The first-order chi connectivity index (χ1) is 8.43. The van der Waals surface area contributed by atoms with Gasteiger partial charge in [-0.25, -0.2) is 0 Å². The molecule has 1 saturated heterocycles. The van der Waals surface area contributed by atoms with Crippen LogP contribution in [0.5, 0.6) is 0 Å². The quantitative estimate of drug-likeness (QED) is 0.828. The zero-order valence-electron chi connectivity index (χ0n) is 13.1. The van der Waals surface area contributed by atoms with Crippen molar-refractivity contribution in [3.05, 3.63) is 0 Å². The fraction of sp³-hybridized carbons (Fsp3) is 1.00. The number of nitrogens with zero attached hydrogens (tertiary/aromatic N) is 1. The van der Waals surface area contributed by atoms with Crippen molar-refractivity contribution in [3.63, 3.8) is 0 Å². The summed E-state index contributed by atoms with van der Waals surface area (Å²) in [5.41, 5.74) is 0.919. The van der Waals surface area contributed by atoms with Crippen molar-refractivity contribution in [2.75, 3.05) is 13.1 Å². The summed E-state index contributed by atoms with van der Waals surface area (Å²) in [5, 5.41) is 3.79. The van der Waals surface area contributed by atoms with Crippen LogP contribution in [-0.4, -0.2) is 35.6 Å². The molecule has 0 bridgehead atoms. The lowest BCUT2D eigenvalue weighted by Gasteiger charge is -2.57. The summed E-state index contributed by atoms with van der Waals surface area (Å²) in [6.45, 7) is 14.3. The summed E-state index contributed by atoms with van der Waals surface area (Å²) >= 11 is 0. The van der Waals surface area contributed by atoms with E-state index in [0.29, 0.717) is 17.0 Å². The van der Waals surface area contributed by atoms with E-state index in [2.05, 4.69) is 44.8 Å². The van der Waals surface area contributed by atoms with Gasteiger partial charge >= 0.3 is 0 Å². The highest BCUT2D eigenvalue weighted by atomic mass is 15.3. The Labute approximate surface area is 114 Å². The highest BCUT2D eigenvalue weighted by Crippen LogP contribution is 2.43. The lowest BCUT2D eigenvalue weighted by Crippen LogP contribution is -2.68. The van der Waals surface area contributed by atoms with Crippen molar-refractivity contribution < 1.29 is 0 Å². The Kier molecular flexibility index (Phi) is 4.08. The normalized spacial score (nSPS) is 33.2. The van der Waals surface area contributed by atoms with Gasteiger partial charge in [0, 0.05) is 30.7 Å². The molecule has 18 heavy (non-hydrogen) atoms. The van der Waals surface area contributed by atoms with Crippen LogP contribution in [0, 0.1) is 5.41 Å². The van der Waals surface area contributed by atoms with E-state index in [1.54, 1.807) is 0 Å². The molecule has 2 nitrogen and oxygen atoms in total. The van der Waals surface area contributed by atoms with Crippen molar-refractivity contribution >= 4 is 0 Å². The fourth-order valence-electron chi connectivity index (χ4n) is 3.75. The largest absolute Gasteiger partial charge is 0.311 e. The SMILES string of the molecule is CCC1CNC(C(C)(C)C)CN1C1(CC)CCC1. The number of hydrogen-bond donors (Lipinski definition) is 1. The van der Waals surface area contributed by atoms with E-state index < -0.39 is 0 Å². The van der Waals surface area contributed by atoms with Crippen LogP contribution in [0.2, 0.25) is 0 Å².